The van der Waals surface area contributed by atoms with Gasteiger partial charge in [-0.1, -0.05) is 12.1 Å². The molecular weight excluding hydrogens is 339 g/mol. The molecule has 1 N–H and O–H groups in total. The van der Waals surface area contributed by atoms with Gasteiger partial charge in [0.25, 0.3) is 5.69 Å². The predicted molar refractivity (Wildman–Crippen MR) is 96.8 cm³/mol. The van der Waals surface area contributed by atoms with Crippen molar-refractivity contribution in [2.24, 2.45) is 0 Å². The number of nitrogens with zero attached hydrogens (tertiary/aromatic N) is 3. The van der Waals surface area contributed by atoms with E-state index in [0.717, 1.165) is 0 Å². The van der Waals surface area contributed by atoms with E-state index in [1.807, 2.05) is 9.80 Å². The highest BCUT2D eigenvalue weighted by molar-refractivity contribution is 5.92. The van der Waals surface area contributed by atoms with Crippen LogP contribution in [0.15, 0.2) is 48.5 Å². The summed E-state index contributed by atoms with van der Waals surface area (Å²) in [6.07, 6.45) is 0. The van der Waals surface area contributed by atoms with E-state index in [-0.39, 0.29) is 28.9 Å². The van der Waals surface area contributed by atoms with Crippen LogP contribution < -0.4 is 10.2 Å². The molecule has 0 aromatic heterocycles. The molecular formula is C18H19FN4O3. The molecule has 0 atom stereocenters. The Hall–Kier alpha value is -3.00. The molecule has 0 spiro atoms. The van der Waals surface area contributed by atoms with E-state index >= 15 is 0 Å². The van der Waals surface area contributed by atoms with Crippen molar-refractivity contribution >= 4 is 23.0 Å². The van der Waals surface area contributed by atoms with Gasteiger partial charge in [-0.05, 0) is 30.3 Å². The zero-order valence-corrected chi connectivity index (χ0v) is 14.1. The lowest BCUT2D eigenvalue weighted by molar-refractivity contribution is -0.384. The lowest BCUT2D eigenvalue weighted by atomic mass is 10.2. The van der Waals surface area contributed by atoms with Gasteiger partial charge in [0.2, 0.25) is 5.91 Å². The Bertz CT molecular complexity index is 789. The first-order valence-electron chi connectivity index (χ1n) is 8.29. The Morgan fingerprint density at radius 1 is 1.08 bits per heavy atom. The number of piperazine rings is 1. The average Bonchev–Trinajstić information content (AvgIpc) is 2.64. The maximum Gasteiger partial charge on any atom is 0.292 e. The fourth-order valence-corrected chi connectivity index (χ4v) is 2.97. The summed E-state index contributed by atoms with van der Waals surface area (Å²) in [5.74, 6) is -0.523. The third-order valence-electron chi connectivity index (χ3n) is 4.29. The molecule has 3 rings (SSSR count). The van der Waals surface area contributed by atoms with Crippen molar-refractivity contribution in [2.75, 3.05) is 42.9 Å². The van der Waals surface area contributed by atoms with Crippen molar-refractivity contribution in [3.63, 3.8) is 0 Å². The van der Waals surface area contributed by atoms with E-state index in [4.69, 9.17) is 0 Å². The van der Waals surface area contributed by atoms with E-state index in [1.54, 1.807) is 18.2 Å². The lowest BCUT2D eigenvalue weighted by Crippen LogP contribution is -2.48. The van der Waals surface area contributed by atoms with Crippen LogP contribution in [0.3, 0.4) is 0 Å². The van der Waals surface area contributed by atoms with Crippen molar-refractivity contribution in [2.45, 2.75) is 0 Å². The molecule has 1 heterocycles. The molecule has 0 aliphatic carbocycles. The van der Waals surface area contributed by atoms with E-state index in [2.05, 4.69) is 5.32 Å². The minimum Gasteiger partial charge on any atom is -0.363 e. The molecule has 136 valence electrons. The highest BCUT2D eigenvalue weighted by Crippen LogP contribution is 2.28. The van der Waals surface area contributed by atoms with Crippen molar-refractivity contribution < 1.29 is 14.1 Å². The first kappa shape index (κ1) is 17.8. The quantitative estimate of drug-likeness (QED) is 0.656. The number of nitro benzene ring substituents is 1. The summed E-state index contributed by atoms with van der Waals surface area (Å²) < 4.78 is 12.9. The molecule has 26 heavy (non-hydrogen) atoms. The standard InChI is InChI=1S/C18H19FN4O3/c19-14-5-7-15(8-6-14)20-18(24)13-21-9-11-22(12-10-21)16-3-1-2-4-17(16)23(25)26/h1-8H,9-13H2,(H,20,24). The van der Waals surface area contributed by atoms with Crippen LogP contribution >= 0.6 is 0 Å². The fraction of sp³-hybridized carbons (Fsp3) is 0.278. The number of rotatable bonds is 5. The van der Waals surface area contributed by atoms with Crippen molar-refractivity contribution in [3.8, 4) is 0 Å². The van der Waals surface area contributed by atoms with Crippen LogP contribution in [0.25, 0.3) is 0 Å². The summed E-state index contributed by atoms with van der Waals surface area (Å²) in [6.45, 7) is 2.69. The number of carbonyl (C=O) groups is 1. The number of amides is 1. The van der Waals surface area contributed by atoms with Gasteiger partial charge in [-0.15, -0.1) is 0 Å². The maximum atomic E-state index is 12.9. The van der Waals surface area contributed by atoms with Crippen LogP contribution in [0.4, 0.5) is 21.5 Å². The normalized spacial score (nSPS) is 14.9. The van der Waals surface area contributed by atoms with Gasteiger partial charge in [-0.25, -0.2) is 4.39 Å². The van der Waals surface area contributed by atoms with Crippen LogP contribution in [0.1, 0.15) is 0 Å². The largest absolute Gasteiger partial charge is 0.363 e. The molecule has 0 unspecified atom stereocenters. The van der Waals surface area contributed by atoms with E-state index in [9.17, 15) is 19.3 Å². The Balaban J connectivity index is 1.53. The summed E-state index contributed by atoms with van der Waals surface area (Å²) >= 11 is 0. The zero-order valence-electron chi connectivity index (χ0n) is 14.1. The predicted octanol–water partition coefficient (Wildman–Crippen LogP) is 2.49. The number of halogens is 1. The number of para-hydroxylation sites is 2. The second-order valence-electron chi connectivity index (χ2n) is 6.06. The smallest absolute Gasteiger partial charge is 0.292 e. The third-order valence-corrected chi connectivity index (χ3v) is 4.29. The SMILES string of the molecule is O=C(CN1CCN(c2ccccc2[N+](=O)[O-])CC1)Nc1ccc(F)cc1. The van der Waals surface area contributed by atoms with Crippen molar-refractivity contribution in [3.05, 3.63) is 64.5 Å². The molecule has 1 aliphatic rings. The highest BCUT2D eigenvalue weighted by atomic mass is 19.1. The second-order valence-corrected chi connectivity index (χ2v) is 6.06. The molecule has 0 saturated carbocycles. The summed E-state index contributed by atoms with van der Waals surface area (Å²) in [5.41, 5.74) is 1.25. The molecule has 0 radical (unpaired) electrons. The van der Waals surface area contributed by atoms with E-state index in [1.165, 1.54) is 30.3 Å². The van der Waals surface area contributed by atoms with Crippen molar-refractivity contribution in [1.29, 1.82) is 0 Å². The topological polar surface area (TPSA) is 78.7 Å². The molecule has 1 saturated heterocycles. The van der Waals surface area contributed by atoms with Gasteiger partial charge < -0.3 is 10.2 Å². The zero-order chi connectivity index (χ0) is 18.5. The number of anilines is 2. The molecule has 2 aromatic carbocycles. The van der Waals surface area contributed by atoms with Gasteiger partial charge in [-0.2, -0.15) is 0 Å². The first-order chi connectivity index (χ1) is 12.5. The Morgan fingerprint density at radius 3 is 2.38 bits per heavy atom. The summed E-state index contributed by atoms with van der Waals surface area (Å²) in [5, 5.41) is 13.9. The number of benzene rings is 2. The Kier molecular flexibility index (Phi) is 5.43. The summed E-state index contributed by atoms with van der Waals surface area (Å²) in [6, 6.07) is 12.3. The minimum absolute atomic E-state index is 0.0926. The van der Waals surface area contributed by atoms with Gasteiger partial charge in [-0.3, -0.25) is 19.8 Å². The number of hydrogen-bond acceptors (Lipinski definition) is 5. The monoisotopic (exact) mass is 358 g/mol. The Morgan fingerprint density at radius 2 is 1.73 bits per heavy atom. The van der Waals surface area contributed by atoms with Gasteiger partial charge in [0.05, 0.1) is 11.5 Å². The number of hydrogen-bond donors (Lipinski definition) is 1. The minimum atomic E-state index is -0.377. The molecule has 2 aromatic rings. The van der Waals surface area contributed by atoms with Crippen LogP contribution in [-0.4, -0.2) is 48.5 Å². The van der Waals surface area contributed by atoms with Gasteiger partial charge in [0, 0.05) is 37.9 Å². The molecule has 1 aliphatic heterocycles. The molecule has 1 amide bonds. The first-order valence-corrected chi connectivity index (χ1v) is 8.29. The van der Waals surface area contributed by atoms with Crippen LogP contribution in [0.5, 0.6) is 0 Å². The molecule has 7 nitrogen and oxygen atoms in total. The number of carbonyl (C=O) groups excluding carboxylic acids is 1. The molecule has 0 bridgehead atoms. The van der Waals surface area contributed by atoms with Crippen LogP contribution in [-0.2, 0) is 4.79 Å². The average molecular weight is 358 g/mol. The maximum absolute atomic E-state index is 12.9. The highest BCUT2D eigenvalue weighted by Gasteiger charge is 2.24. The number of nitro groups is 1. The second kappa shape index (κ2) is 7.92. The number of nitrogens with one attached hydrogen (secondary N) is 1. The lowest BCUT2D eigenvalue weighted by Gasteiger charge is -2.35. The van der Waals surface area contributed by atoms with Crippen LogP contribution in [0, 0.1) is 15.9 Å². The van der Waals surface area contributed by atoms with Gasteiger partial charge in [0.15, 0.2) is 0 Å². The fourth-order valence-electron chi connectivity index (χ4n) is 2.97. The van der Waals surface area contributed by atoms with E-state index < -0.39 is 0 Å². The summed E-state index contributed by atoms with van der Waals surface area (Å²) in [7, 11) is 0. The van der Waals surface area contributed by atoms with Crippen LogP contribution in [0.2, 0.25) is 0 Å². The van der Waals surface area contributed by atoms with Gasteiger partial charge >= 0.3 is 0 Å². The summed E-state index contributed by atoms with van der Waals surface area (Å²) in [4.78, 5) is 26.8. The van der Waals surface area contributed by atoms with Gasteiger partial charge in [0.1, 0.15) is 11.5 Å². The van der Waals surface area contributed by atoms with E-state index in [0.29, 0.717) is 37.6 Å². The molecule has 1 fully saturated rings. The molecule has 8 heteroatoms. The third kappa shape index (κ3) is 4.34. The van der Waals surface area contributed by atoms with Crippen molar-refractivity contribution in [1.82, 2.24) is 4.90 Å². The Labute approximate surface area is 150 Å².